The van der Waals surface area contributed by atoms with Gasteiger partial charge in [0.15, 0.2) is 0 Å². The number of aromatic nitrogens is 1. The Labute approximate surface area is 134 Å². The van der Waals surface area contributed by atoms with Gasteiger partial charge >= 0.3 is 0 Å². The first-order valence-electron chi connectivity index (χ1n) is 7.06. The zero-order valence-electron chi connectivity index (χ0n) is 12.6. The summed E-state index contributed by atoms with van der Waals surface area (Å²) in [6.45, 7) is 4.40. The smallest absolute Gasteiger partial charge is 0.215 e. The third kappa shape index (κ3) is 4.86. The molecule has 22 heavy (non-hydrogen) atoms. The number of hydrogen-bond donors (Lipinski definition) is 1. The number of rotatable bonds is 7. The molecule has 0 saturated carbocycles. The second-order valence-corrected chi connectivity index (χ2v) is 8.09. The van der Waals surface area contributed by atoms with Gasteiger partial charge in [-0.1, -0.05) is 19.1 Å². The summed E-state index contributed by atoms with van der Waals surface area (Å²) in [7, 11) is -3.42. The topological polar surface area (TPSA) is 59.1 Å². The Morgan fingerprint density at radius 1 is 1.27 bits per heavy atom. The fourth-order valence-corrected chi connectivity index (χ4v) is 4.25. The summed E-state index contributed by atoms with van der Waals surface area (Å²) >= 11 is 1.61. The number of thiazole rings is 1. The Hall–Kier alpha value is -1.31. The standard InChI is InChI=1S/C15H19FN2O2S2/c1-3-14-11(2)21-15(18-14)8-9-17-22(19,20)10-12-4-6-13(16)7-5-12/h4-7,17H,3,8-10H2,1-2H3. The zero-order valence-corrected chi connectivity index (χ0v) is 14.2. The molecular weight excluding hydrogens is 323 g/mol. The number of hydrogen-bond acceptors (Lipinski definition) is 4. The molecule has 0 atom stereocenters. The zero-order chi connectivity index (χ0) is 16.2. The van der Waals surface area contributed by atoms with Gasteiger partial charge in [0, 0.05) is 17.8 Å². The Morgan fingerprint density at radius 2 is 1.95 bits per heavy atom. The van der Waals surface area contributed by atoms with E-state index in [2.05, 4.69) is 16.6 Å². The highest BCUT2D eigenvalue weighted by atomic mass is 32.2. The molecule has 2 rings (SSSR count). The summed E-state index contributed by atoms with van der Waals surface area (Å²) < 4.78 is 39.3. The molecule has 0 aliphatic heterocycles. The molecule has 0 saturated heterocycles. The molecule has 2 aromatic rings. The van der Waals surface area contributed by atoms with E-state index >= 15 is 0 Å². The van der Waals surface area contributed by atoms with Crippen molar-refractivity contribution in [1.82, 2.24) is 9.71 Å². The van der Waals surface area contributed by atoms with Crippen LogP contribution in [0.2, 0.25) is 0 Å². The lowest BCUT2D eigenvalue weighted by molar-refractivity contribution is 0.580. The first-order chi connectivity index (χ1) is 10.4. The molecule has 0 amide bonds. The van der Waals surface area contributed by atoms with Crippen LogP contribution in [0.25, 0.3) is 0 Å². The van der Waals surface area contributed by atoms with Crippen LogP contribution in [0.15, 0.2) is 24.3 Å². The predicted molar refractivity (Wildman–Crippen MR) is 87.0 cm³/mol. The maximum Gasteiger partial charge on any atom is 0.215 e. The van der Waals surface area contributed by atoms with E-state index in [-0.39, 0.29) is 11.6 Å². The monoisotopic (exact) mass is 342 g/mol. The number of nitrogens with one attached hydrogen (secondary N) is 1. The van der Waals surface area contributed by atoms with Gasteiger partial charge in [-0.05, 0) is 31.0 Å². The van der Waals surface area contributed by atoms with Crippen molar-refractivity contribution in [1.29, 1.82) is 0 Å². The third-order valence-electron chi connectivity index (χ3n) is 3.20. The van der Waals surface area contributed by atoms with Gasteiger partial charge in [0.05, 0.1) is 16.5 Å². The van der Waals surface area contributed by atoms with Crippen LogP contribution in [0.4, 0.5) is 4.39 Å². The quantitative estimate of drug-likeness (QED) is 0.842. The minimum atomic E-state index is -3.42. The van der Waals surface area contributed by atoms with Crippen molar-refractivity contribution in [3.63, 3.8) is 0 Å². The van der Waals surface area contributed by atoms with Crippen LogP contribution in [-0.2, 0) is 28.6 Å². The molecule has 4 nitrogen and oxygen atoms in total. The molecule has 7 heteroatoms. The minimum absolute atomic E-state index is 0.148. The fourth-order valence-electron chi connectivity index (χ4n) is 2.09. The molecular formula is C15H19FN2O2S2. The van der Waals surface area contributed by atoms with Crippen LogP contribution in [-0.4, -0.2) is 19.9 Å². The molecule has 1 heterocycles. The highest BCUT2D eigenvalue weighted by Crippen LogP contribution is 2.18. The van der Waals surface area contributed by atoms with Crippen LogP contribution < -0.4 is 4.72 Å². The number of nitrogens with zero attached hydrogens (tertiary/aromatic N) is 1. The molecule has 120 valence electrons. The van der Waals surface area contributed by atoms with Crippen molar-refractivity contribution >= 4 is 21.4 Å². The van der Waals surface area contributed by atoms with Crippen molar-refractivity contribution in [3.8, 4) is 0 Å². The van der Waals surface area contributed by atoms with E-state index in [1.165, 1.54) is 29.1 Å². The van der Waals surface area contributed by atoms with E-state index in [9.17, 15) is 12.8 Å². The van der Waals surface area contributed by atoms with Crippen LogP contribution >= 0.6 is 11.3 Å². The van der Waals surface area contributed by atoms with E-state index in [1.54, 1.807) is 11.3 Å². The van der Waals surface area contributed by atoms with Crippen molar-refractivity contribution in [2.75, 3.05) is 6.54 Å². The van der Waals surface area contributed by atoms with Gasteiger partial charge in [-0.3, -0.25) is 0 Å². The van der Waals surface area contributed by atoms with Gasteiger partial charge in [0.1, 0.15) is 5.82 Å². The van der Waals surface area contributed by atoms with E-state index < -0.39 is 10.0 Å². The molecule has 1 N–H and O–H groups in total. The Bertz CT molecular complexity index is 725. The lowest BCUT2D eigenvalue weighted by Crippen LogP contribution is -2.27. The molecule has 0 spiro atoms. The summed E-state index contributed by atoms with van der Waals surface area (Å²) in [5.41, 5.74) is 1.64. The number of aryl methyl sites for hydroxylation is 2. The molecule has 1 aromatic heterocycles. The number of halogens is 1. The lowest BCUT2D eigenvalue weighted by Gasteiger charge is -2.06. The maximum absolute atomic E-state index is 12.8. The molecule has 0 aliphatic rings. The van der Waals surface area contributed by atoms with Crippen LogP contribution in [0, 0.1) is 12.7 Å². The van der Waals surface area contributed by atoms with Gasteiger partial charge in [-0.25, -0.2) is 22.5 Å². The second kappa shape index (κ2) is 7.30. The first-order valence-corrected chi connectivity index (χ1v) is 9.53. The average molecular weight is 342 g/mol. The van der Waals surface area contributed by atoms with Gasteiger partial charge in [0.2, 0.25) is 10.0 Å². The third-order valence-corrected chi connectivity index (χ3v) is 5.63. The normalized spacial score (nSPS) is 11.8. The van der Waals surface area contributed by atoms with Crippen LogP contribution in [0.1, 0.15) is 28.1 Å². The summed E-state index contributed by atoms with van der Waals surface area (Å²) in [5, 5.41) is 0.943. The van der Waals surface area contributed by atoms with E-state index in [0.717, 1.165) is 17.1 Å². The summed E-state index contributed by atoms with van der Waals surface area (Å²) in [6, 6.07) is 5.48. The second-order valence-electron chi connectivity index (χ2n) is 4.99. The largest absolute Gasteiger partial charge is 0.246 e. The fraction of sp³-hybridized carbons (Fsp3) is 0.400. The molecule has 0 unspecified atom stereocenters. The SMILES string of the molecule is CCc1nc(CCNS(=O)(=O)Cc2ccc(F)cc2)sc1C. The van der Waals surface area contributed by atoms with Gasteiger partial charge in [0.25, 0.3) is 0 Å². The Kier molecular flexibility index (Phi) is 5.66. The number of sulfonamides is 1. The number of benzene rings is 1. The predicted octanol–water partition coefficient (Wildman–Crippen LogP) is 2.82. The molecule has 1 aromatic carbocycles. The van der Waals surface area contributed by atoms with E-state index in [0.29, 0.717) is 18.5 Å². The molecule has 0 aliphatic carbocycles. The van der Waals surface area contributed by atoms with Gasteiger partial charge in [-0.15, -0.1) is 11.3 Å². The van der Waals surface area contributed by atoms with Crippen molar-refractivity contribution in [3.05, 3.63) is 51.2 Å². The summed E-state index contributed by atoms with van der Waals surface area (Å²) in [5.74, 6) is -0.523. The van der Waals surface area contributed by atoms with Gasteiger partial charge < -0.3 is 0 Å². The van der Waals surface area contributed by atoms with Gasteiger partial charge in [-0.2, -0.15) is 0 Å². The van der Waals surface area contributed by atoms with Crippen LogP contribution in [0.3, 0.4) is 0 Å². The molecule has 0 fully saturated rings. The van der Waals surface area contributed by atoms with E-state index in [4.69, 9.17) is 0 Å². The van der Waals surface area contributed by atoms with Crippen molar-refractivity contribution in [2.24, 2.45) is 0 Å². The van der Waals surface area contributed by atoms with Crippen LogP contribution in [0.5, 0.6) is 0 Å². The highest BCUT2D eigenvalue weighted by Gasteiger charge is 2.12. The van der Waals surface area contributed by atoms with E-state index in [1.807, 2.05) is 6.92 Å². The average Bonchev–Trinajstić information content (AvgIpc) is 2.81. The molecule has 0 bridgehead atoms. The lowest BCUT2D eigenvalue weighted by atomic mass is 10.2. The minimum Gasteiger partial charge on any atom is -0.246 e. The Balaban J connectivity index is 1.88. The summed E-state index contributed by atoms with van der Waals surface area (Å²) in [4.78, 5) is 5.67. The molecule has 0 radical (unpaired) electrons. The Morgan fingerprint density at radius 3 is 2.55 bits per heavy atom. The van der Waals surface area contributed by atoms with Crippen molar-refractivity contribution < 1.29 is 12.8 Å². The van der Waals surface area contributed by atoms with Crippen molar-refractivity contribution in [2.45, 2.75) is 32.4 Å². The summed E-state index contributed by atoms with van der Waals surface area (Å²) in [6.07, 6.45) is 1.47. The first kappa shape index (κ1) is 17.1. The highest BCUT2D eigenvalue weighted by molar-refractivity contribution is 7.88. The maximum atomic E-state index is 12.8.